The minimum atomic E-state index is -0.584. The first kappa shape index (κ1) is 17.1. The summed E-state index contributed by atoms with van der Waals surface area (Å²) in [5.74, 6) is 1.43. The first-order chi connectivity index (χ1) is 11.6. The molecule has 3 saturated carbocycles. The highest BCUT2D eigenvalue weighted by Crippen LogP contribution is 2.68. The maximum Gasteiger partial charge on any atom is 0.185 e. The van der Waals surface area contributed by atoms with E-state index in [-0.39, 0.29) is 16.6 Å². The van der Waals surface area contributed by atoms with Crippen LogP contribution in [-0.2, 0) is 4.79 Å². The molecule has 0 amide bonds. The van der Waals surface area contributed by atoms with E-state index in [1.165, 1.54) is 0 Å². The molecule has 0 aliphatic heterocycles. The van der Waals surface area contributed by atoms with Crippen LogP contribution in [0.15, 0.2) is 35.6 Å². The lowest BCUT2D eigenvalue weighted by Gasteiger charge is -2.59. The van der Waals surface area contributed by atoms with Crippen LogP contribution in [0.2, 0.25) is 0 Å². The van der Waals surface area contributed by atoms with Gasteiger partial charge in [-0.2, -0.15) is 0 Å². The lowest BCUT2D eigenvalue weighted by atomic mass is 9.45. The molecule has 0 saturated heterocycles. The first-order valence-electron chi connectivity index (χ1n) is 9.64. The number of allylic oxidation sites excluding steroid dienone is 3. The summed E-state index contributed by atoms with van der Waals surface area (Å²) < 4.78 is 0. The Hall–Kier alpha value is -1.35. The third kappa shape index (κ3) is 2.05. The largest absolute Gasteiger partial charge is 0.515 e. The molecule has 3 nitrogen and oxygen atoms in total. The van der Waals surface area contributed by atoms with E-state index in [9.17, 15) is 15.0 Å². The number of ketones is 1. The molecule has 3 fully saturated rings. The summed E-state index contributed by atoms with van der Waals surface area (Å²) in [6, 6.07) is 0. The molecule has 0 spiro atoms. The fourth-order valence-electron chi connectivity index (χ4n) is 6.91. The van der Waals surface area contributed by atoms with Gasteiger partial charge in [-0.1, -0.05) is 26.0 Å². The van der Waals surface area contributed by atoms with Crippen LogP contribution in [0.4, 0.5) is 0 Å². The van der Waals surface area contributed by atoms with Crippen molar-refractivity contribution in [3.05, 3.63) is 35.6 Å². The van der Waals surface area contributed by atoms with Gasteiger partial charge >= 0.3 is 0 Å². The summed E-state index contributed by atoms with van der Waals surface area (Å²) in [5.41, 5.74) is 1.98. The Bertz CT molecular complexity index is 713. The second kappa shape index (κ2) is 5.09. The summed E-state index contributed by atoms with van der Waals surface area (Å²) in [7, 11) is 0. The zero-order chi connectivity index (χ0) is 18.2. The van der Waals surface area contributed by atoms with Crippen LogP contribution in [0, 0.1) is 28.6 Å². The van der Waals surface area contributed by atoms with Crippen molar-refractivity contribution in [1.29, 1.82) is 0 Å². The van der Waals surface area contributed by atoms with E-state index in [0.717, 1.165) is 49.5 Å². The Balaban J connectivity index is 1.77. The SMILES string of the molecule is C=C1C[C@@H]2[C@H](CC[C@@]3(C)[C@H]2CC[C@]3(C)O)[C@@]2(C)C/C(=C/O)C(=O)C=C12. The van der Waals surface area contributed by atoms with Crippen LogP contribution in [0.25, 0.3) is 0 Å². The lowest BCUT2D eigenvalue weighted by Crippen LogP contribution is -2.54. The average molecular weight is 342 g/mol. The summed E-state index contributed by atoms with van der Waals surface area (Å²) in [6.07, 6.45) is 8.33. The van der Waals surface area contributed by atoms with E-state index in [1.54, 1.807) is 6.08 Å². The van der Waals surface area contributed by atoms with Gasteiger partial charge in [-0.3, -0.25) is 4.79 Å². The van der Waals surface area contributed by atoms with Gasteiger partial charge < -0.3 is 10.2 Å². The van der Waals surface area contributed by atoms with Gasteiger partial charge in [0.25, 0.3) is 0 Å². The monoisotopic (exact) mass is 342 g/mol. The average Bonchev–Trinajstić information content (AvgIpc) is 2.79. The maximum atomic E-state index is 12.3. The smallest absolute Gasteiger partial charge is 0.185 e. The second-order valence-corrected chi connectivity index (χ2v) is 9.62. The van der Waals surface area contributed by atoms with Crippen molar-refractivity contribution in [3.63, 3.8) is 0 Å². The quantitative estimate of drug-likeness (QED) is 0.504. The summed E-state index contributed by atoms with van der Waals surface area (Å²) in [6.45, 7) is 10.9. The van der Waals surface area contributed by atoms with Crippen LogP contribution in [0.3, 0.4) is 0 Å². The Morgan fingerprint density at radius 1 is 1.20 bits per heavy atom. The third-order valence-corrected chi connectivity index (χ3v) is 8.60. The maximum absolute atomic E-state index is 12.3. The topological polar surface area (TPSA) is 57.5 Å². The molecule has 0 aromatic heterocycles. The number of carbonyl (C=O) groups is 1. The molecule has 0 aromatic carbocycles. The van der Waals surface area contributed by atoms with Crippen molar-refractivity contribution in [2.24, 2.45) is 28.6 Å². The van der Waals surface area contributed by atoms with Crippen molar-refractivity contribution >= 4 is 5.78 Å². The minimum absolute atomic E-state index is 0.0217. The third-order valence-electron chi connectivity index (χ3n) is 8.60. The van der Waals surface area contributed by atoms with Gasteiger partial charge in [0.15, 0.2) is 5.78 Å². The minimum Gasteiger partial charge on any atom is -0.515 e. The molecular weight excluding hydrogens is 312 g/mol. The highest BCUT2D eigenvalue weighted by Gasteiger charge is 2.63. The van der Waals surface area contributed by atoms with Crippen LogP contribution >= 0.6 is 0 Å². The van der Waals surface area contributed by atoms with Gasteiger partial charge in [-0.25, -0.2) is 0 Å². The molecule has 0 bridgehead atoms. The Kier molecular flexibility index (Phi) is 3.48. The molecule has 4 rings (SSSR count). The predicted molar refractivity (Wildman–Crippen MR) is 98.0 cm³/mol. The van der Waals surface area contributed by atoms with Gasteiger partial charge in [0.2, 0.25) is 0 Å². The van der Waals surface area contributed by atoms with E-state index in [2.05, 4.69) is 20.4 Å². The number of rotatable bonds is 0. The number of fused-ring (bicyclic) bond motifs is 5. The van der Waals surface area contributed by atoms with Crippen LogP contribution in [-0.4, -0.2) is 21.6 Å². The van der Waals surface area contributed by atoms with Crippen molar-refractivity contribution in [2.75, 3.05) is 0 Å². The fourth-order valence-corrected chi connectivity index (χ4v) is 6.91. The van der Waals surface area contributed by atoms with Gasteiger partial charge in [0.1, 0.15) is 0 Å². The molecule has 2 N–H and O–H groups in total. The van der Waals surface area contributed by atoms with Crippen molar-refractivity contribution in [3.8, 4) is 0 Å². The summed E-state index contributed by atoms with van der Waals surface area (Å²) in [5, 5.41) is 20.5. The highest BCUT2D eigenvalue weighted by molar-refractivity contribution is 6.06. The number of aliphatic hydroxyl groups excluding tert-OH is 1. The van der Waals surface area contributed by atoms with Crippen molar-refractivity contribution in [1.82, 2.24) is 0 Å². The normalized spacial score (nSPS) is 51.0. The van der Waals surface area contributed by atoms with E-state index < -0.39 is 5.60 Å². The molecule has 4 aliphatic carbocycles. The molecule has 0 heterocycles. The van der Waals surface area contributed by atoms with Gasteiger partial charge in [0, 0.05) is 11.0 Å². The molecule has 0 radical (unpaired) electrons. The van der Waals surface area contributed by atoms with Crippen molar-refractivity contribution in [2.45, 2.75) is 64.9 Å². The fraction of sp³-hybridized carbons (Fsp3) is 0.682. The zero-order valence-corrected chi connectivity index (χ0v) is 15.6. The molecule has 0 unspecified atom stereocenters. The molecule has 0 aromatic rings. The van der Waals surface area contributed by atoms with Crippen LogP contribution < -0.4 is 0 Å². The van der Waals surface area contributed by atoms with E-state index in [0.29, 0.717) is 29.7 Å². The standard InChI is InChI=1S/C22H30O3/c1-13-9-15-16(5-7-21(3)17(15)6-8-22(21,4)25)20(2)11-14(12-23)19(24)10-18(13)20/h10,12,15-17,23,25H,1,5-9,11H2,2-4H3/b14-12-/t15-,16+,17+,20-,21+,22+/m1/s1. The van der Waals surface area contributed by atoms with Crippen molar-refractivity contribution < 1.29 is 15.0 Å². The molecule has 6 atom stereocenters. The Labute approximate surface area is 150 Å². The summed E-state index contributed by atoms with van der Waals surface area (Å²) >= 11 is 0. The molecular formula is C22H30O3. The number of hydrogen-bond donors (Lipinski definition) is 2. The molecule has 136 valence electrons. The number of hydrogen-bond acceptors (Lipinski definition) is 3. The Morgan fingerprint density at radius 2 is 1.88 bits per heavy atom. The molecule has 4 aliphatic rings. The van der Waals surface area contributed by atoms with Crippen LogP contribution in [0.5, 0.6) is 0 Å². The highest BCUT2D eigenvalue weighted by atomic mass is 16.3. The van der Waals surface area contributed by atoms with Gasteiger partial charge in [0.05, 0.1) is 11.9 Å². The zero-order valence-electron chi connectivity index (χ0n) is 15.6. The summed E-state index contributed by atoms with van der Waals surface area (Å²) in [4.78, 5) is 12.3. The lowest BCUT2D eigenvalue weighted by molar-refractivity contribution is -0.117. The second-order valence-electron chi connectivity index (χ2n) is 9.62. The van der Waals surface area contributed by atoms with Gasteiger partial charge in [-0.05, 0) is 80.3 Å². The molecule has 3 heteroatoms. The van der Waals surface area contributed by atoms with E-state index in [4.69, 9.17) is 0 Å². The number of aliphatic hydroxyl groups is 2. The van der Waals surface area contributed by atoms with E-state index in [1.807, 2.05) is 6.92 Å². The first-order valence-corrected chi connectivity index (χ1v) is 9.64. The van der Waals surface area contributed by atoms with Crippen LogP contribution in [0.1, 0.15) is 59.3 Å². The van der Waals surface area contributed by atoms with Gasteiger partial charge in [-0.15, -0.1) is 0 Å². The Morgan fingerprint density at radius 3 is 2.56 bits per heavy atom. The number of carbonyl (C=O) groups excluding carboxylic acids is 1. The predicted octanol–water partition coefficient (Wildman–Crippen LogP) is 4.49. The molecule has 25 heavy (non-hydrogen) atoms. The van der Waals surface area contributed by atoms with E-state index >= 15 is 0 Å².